The Morgan fingerprint density at radius 1 is 1.13 bits per heavy atom. The van der Waals surface area contributed by atoms with E-state index in [0.717, 1.165) is 58.8 Å². The molecule has 1 aliphatic heterocycles. The van der Waals surface area contributed by atoms with Crippen molar-refractivity contribution in [1.29, 1.82) is 0 Å². The number of carbonyl (C=O) groups is 2. The smallest absolute Gasteiger partial charge is 0.226 e. The van der Waals surface area contributed by atoms with Gasteiger partial charge in [-0.2, -0.15) is 0 Å². The molecule has 1 N–H and O–H groups in total. The quantitative estimate of drug-likeness (QED) is 0.678. The van der Waals surface area contributed by atoms with Gasteiger partial charge in [-0.05, 0) is 19.3 Å². The van der Waals surface area contributed by atoms with Gasteiger partial charge in [0.1, 0.15) is 0 Å². The minimum atomic E-state index is -0.108. The molecule has 0 bridgehead atoms. The van der Waals surface area contributed by atoms with E-state index >= 15 is 0 Å². The maximum absolute atomic E-state index is 12.4. The first-order valence-corrected chi connectivity index (χ1v) is 9.04. The van der Waals surface area contributed by atoms with Crippen LogP contribution in [0.3, 0.4) is 0 Å². The lowest BCUT2D eigenvalue weighted by Gasteiger charge is -2.26. The molecule has 23 heavy (non-hydrogen) atoms. The van der Waals surface area contributed by atoms with E-state index < -0.39 is 0 Å². The minimum Gasteiger partial charge on any atom is -0.379 e. The van der Waals surface area contributed by atoms with E-state index in [-0.39, 0.29) is 23.7 Å². The maximum atomic E-state index is 12.4. The van der Waals surface area contributed by atoms with Crippen molar-refractivity contribution in [2.24, 2.45) is 11.8 Å². The highest BCUT2D eigenvalue weighted by atomic mass is 16.5. The molecule has 2 rings (SSSR count). The third-order valence-corrected chi connectivity index (χ3v) is 4.57. The zero-order valence-corrected chi connectivity index (χ0v) is 14.6. The minimum absolute atomic E-state index is 0.0459. The predicted octanol–water partition coefficient (Wildman–Crippen LogP) is 0.720. The summed E-state index contributed by atoms with van der Waals surface area (Å²) in [7, 11) is 0. The van der Waals surface area contributed by atoms with Crippen LogP contribution < -0.4 is 5.32 Å². The fraction of sp³-hybridized carbons (Fsp3) is 0.882. The number of nitrogens with zero attached hydrogens (tertiary/aromatic N) is 2. The van der Waals surface area contributed by atoms with Gasteiger partial charge in [-0.3, -0.25) is 14.5 Å². The van der Waals surface area contributed by atoms with Gasteiger partial charge >= 0.3 is 0 Å². The van der Waals surface area contributed by atoms with Crippen molar-refractivity contribution in [3.05, 3.63) is 0 Å². The lowest BCUT2D eigenvalue weighted by Crippen LogP contribution is -2.42. The highest BCUT2D eigenvalue weighted by Crippen LogP contribution is 2.40. The van der Waals surface area contributed by atoms with Crippen LogP contribution in [-0.4, -0.2) is 74.1 Å². The van der Waals surface area contributed by atoms with E-state index in [0.29, 0.717) is 13.0 Å². The molecule has 1 saturated carbocycles. The monoisotopic (exact) mass is 325 g/mol. The van der Waals surface area contributed by atoms with Gasteiger partial charge in [0.25, 0.3) is 0 Å². The summed E-state index contributed by atoms with van der Waals surface area (Å²) in [5.41, 5.74) is 0. The fourth-order valence-corrected chi connectivity index (χ4v) is 3.16. The third kappa shape index (κ3) is 5.46. The second-order valence-electron chi connectivity index (χ2n) is 6.52. The van der Waals surface area contributed by atoms with E-state index in [4.69, 9.17) is 4.74 Å². The van der Waals surface area contributed by atoms with Crippen molar-refractivity contribution in [2.45, 2.75) is 33.1 Å². The number of rotatable bonds is 9. The molecule has 1 heterocycles. The largest absolute Gasteiger partial charge is 0.379 e. The second kappa shape index (κ2) is 9.23. The van der Waals surface area contributed by atoms with Crippen LogP contribution in [0.2, 0.25) is 0 Å². The van der Waals surface area contributed by atoms with E-state index in [2.05, 4.69) is 24.1 Å². The van der Waals surface area contributed by atoms with Gasteiger partial charge in [-0.25, -0.2) is 0 Å². The fourth-order valence-electron chi connectivity index (χ4n) is 3.16. The molecule has 2 amide bonds. The first-order valence-electron chi connectivity index (χ1n) is 9.04. The zero-order valence-electron chi connectivity index (χ0n) is 14.6. The average Bonchev–Trinajstić information content (AvgIpc) is 3.35. The topological polar surface area (TPSA) is 61.9 Å². The zero-order chi connectivity index (χ0) is 16.7. The summed E-state index contributed by atoms with van der Waals surface area (Å²) in [6.07, 6.45) is 2.65. The summed E-state index contributed by atoms with van der Waals surface area (Å²) in [5.74, 6) is 0.0199. The number of hydrogen-bond donors (Lipinski definition) is 1. The Hall–Kier alpha value is -1.14. The highest BCUT2D eigenvalue weighted by Gasteiger charge is 2.49. The van der Waals surface area contributed by atoms with E-state index in [9.17, 15) is 9.59 Å². The summed E-state index contributed by atoms with van der Waals surface area (Å²) in [4.78, 5) is 28.8. The van der Waals surface area contributed by atoms with Crippen LogP contribution in [0.1, 0.15) is 33.1 Å². The van der Waals surface area contributed by atoms with Crippen molar-refractivity contribution >= 4 is 11.8 Å². The standard InChI is InChI=1S/C17H31N3O3/c1-3-6-20(7-4-2)17(22)15-13-14(15)16(21)18-5-8-19-9-11-23-12-10-19/h14-15H,3-13H2,1-2H3,(H,18,21). The number of carbonyl (C=O) groups excluding carboxylic acids is 2. The molecule has 0 aromatic rings. The van der Waals surface area contributed by atoms with Crippen molar-refractivity contribution < 1.29 is 14.3 Å². The van der Waals surface area contributed by atoms with Gasteiger partial charge in [0.15, 0.2) is 0 Å². The normalized spacial score (nSPS) is 24.3. The van der Waals surface area contributed by atoms with Crippen LogP contribution in [0.15, 0.2) is 0 Å². The van der Waals surface area contributed by atoms with Crippen molar-refractivity contribution in [2.75, 3.05) is 52.5 Å². The van der Waals surface area contributed by atoms with Gasteiger partial charge in [-0.15, -0.1) is 0 Å². The molecular weight excluding hydrogens is 294 g/mol. The number of amides is 2. The first kappa shape index (κ1) is 18.2. The molecule has 2 fully saturated rings. The molecule has 6 heteroatoms. The molecule has 0 aromatic carbocycles. The lowest BCUT2D eigenvalue weighted by atomic mass is 10.2. The molecule has 0 aromatic heterocycles. The van der Waals surface area contributed by atoms with Crippen LogP contribution in [0, 0.1) is 11.8 Å². The first-order chi connectivity index (χ1) is 11.2. The van der Waals surface area contributed by atoms with Gasteiger partial charge in [-0.1, -0.05) is 13.8 Å². The van der Waals surface area contributed by atoms with E-state index in [1.165, 1.54) is 0 Å². The summed E-state index contributed by atoms with van der Waals surface area (Å²) >= 11 is 0. The van der Waals surface area contributed by atoms with Gasteiger partial charge < -0.3 is 15.0 Å². The highest BCUT2D eigenvalue weighted by molar-refractivity contribution is 5.92. The van der Waals surface area contributed by atoms with Crippen molar-refractivity contribution in [3.8, 4) is 0 Å². The Morgan fingerprint density at radius 3 is 2.39 bits per heavy atom. The van der Waals surface area contributed by atoms with Crippen LogP contribution in [0.25, 0.3) is 0 Å². The summed E-state index contributed by atoms with van der Waals surface area (Å²) in [6.45, 7) is 10.7. The lowest BCUT2D eigenvalue weighted by molar-refractivity contribution is -0.134. The molecule has 132 valence electrons. The molecular formula is C17H31N3O3. The van der Waals surface area contributed by atoms with Gasteiger partial charge in [0.2, 0.25) is 11.8 Å². The molecule has 2 aliphatic rings. The Kier molecular flexibility index (Phi) is 7.30. The van der Waals surface area contributed by atoms with Crippen molar-refractivity contribution in [1.82, 2.24) is 15.1 Å². The van der Waals surface area contributed by atoms with Crippen LogP contribution in [-0.2, 0) is 14.3 Å². The van der Waals surface area contributed by atoms with Crippen LogP contribution in [0.4, 0.5) is 0 Å². The molecule has 2 unspecified atom stereocenters. The SMILES string of the molecule is CCCN(CCC)C(=O)C1CC1C(=O)NCCN1CCOCC1. The van der Waals surface area contributed by atoms with E-state index in [1.807, 2.05) is 4.90 Å². The number of morpholine rings is 1. The van der Waals surface area contributed by atoms with E-state index in [1.54, 1.807) is 0 Å². The number of hydrogen-bond acceptors (Lipinski definition) is 4. The molecule has 0 radical (unpaired) electrons. The Labute approximate surface area is 139 Å². The van der Waals surface area contributed by atoms with Gasteiger partial charge in [0, 0.05) is 39.3 Å². The maximum Gasteiger partial charge on any atom is 0.226 e. The molecule has 6 nitrogen and oxygen atoms in total. The Bertz CT molecular complexity index is 391. The Morgan fingerprint density at radius 2 is 1.78 bits per heavy atom. The number of nitrogens with one attached hydrogen (secondary N) is 1. The summed E-state index contributed by atoms with van der Waals surface area (Å²) in [5, 5.41) is 2.99. The Balaban J connectivity index is 1.67. The molecule has 0 spiro atoms. The predicted molar refractivity (Wildman–Crippen MR) is 89.0 cm³/mol. The average molecular weight is 325 g/mol. The molecule has 1 saturated heterocycles. The van der Waals surface area contributed by atoms with Crippen LogP contribution >= 0.6 is 0 Å². The van der Waals surface area contributed by atoms with Gasteiger partial charge in [0.05, 0.1) is 25.0 Å². The summed E-state index contributed by atoms with van der Waals surface area (Å²) in [6, 6.07) is 0. The molecule has 1 aliphatic carbocycles. The summed E-state index contributed by atoms with van der Waals surface area (Å²) < 4.78 is 5.31. The third-order valence-electron chi connectivity index (χ3n) is 4.57. The van der Waals surface area contributed by atoms with Crippen LogP contribution in [0.5, 0.6) is 0 Å². The van der Waals surface area contributed by atoms with Crippen molar-refractivity contribution in [3.63, 3.8) is 0 Å². The molecule has 2 atom stereocenters. The second-order valence-corrected chi connectivity index (χ2v) is 6.52. The number of ether oxygens (including phenoxy) is 1.